The highest BCUT2D eigenvalue weighted by Gasteiger charge is 2.20. The van der Waals surface area contributed by atoms with Crippen LogP contribution in [0, 0.1) is 12.3 Å². The first-order chi connectivity index (χ1) is 7.38. The van der Waals surface area contributed by atoms with Gasteiger partial charge in [-0.15, -0.1) is 6.42 Å². The molecule has 4 nitrogen and oxygen atoms in total. The Labute approximate surface area is 111 Å². The summed E-state index contributed by atoms with van der Waals surface area (Å²) >= 11 is 6.29. The van der Waals surface area contributed by atoms with Crippen molar-refractivity contribution >= 4 is 47.6 Å². The molecule has 1 aromatic rings. The minimum absolute atomic E-state index is 0.0639. The second kappa shape index (κ2) is 5.19. The Hall–Kier alpha value is -0.550. The lowest BCUT2D eigenvalue weighted by Crippen LogP contribution is -2.24. The lowest BCUT2D eigenvalue weighted by Gasteiger charge is -2.09. The molecule has 0 fully saturated rings. The van der Waals surface area contributed by atoms with Gasteiger partial charge in [0.15, 0.2) is 0 Å². The van der Waals surface area contributed by atoms with Crippen LogP contribution < -0.4 is 10.5 Å². The maximum atomic E-state index is 11.8. The van der Waals surface area contributed by atoms with Gasteiger partial charge in [-0.25, -0.2) is 8.42 Å². The van der Waals surface area contributed by atoms with Gasteiger partial charge < -0.3 is 5.73 Å². The van der Waals surface area contributed by atoms with Crippen LogP contribution in [0.2, 0.25) is 0 Å². The first-order valence-corrected chi connectivity index (χ1v) is 7.13. The van der Waals surface area contributed by atoms with E-state index in [2.05, 4.69) is 42.5 Å². The molecule has 0 heterocycles. The number of terminal acetylenes is 1. The summed E-state index contributed by atoms with van der Waals surface area (Å²) in [5, 5.41) is 0. The Balaban J connectivity index is 3.29. The van der Waals surface area contributed by atoms with Gasteiger partial charge >= 0.3 is 0 Å². The number of nitrogens with one attached hydrogen (secondary N) is 1. The first kappa shape index (κ1) is 13.5. The van der Waals surface area contributed by atoms with Crippen molar-refractivity contribution in [3.8, 4) is 12.3 Å². The highest BCUT2D eigenvalue weighted by Crippen LogP contribution is 2.32. The summed E-state index contributed by atoms with van der Waals surface area (Å²) in [4.78, 5) is 0.0805. The topological polar surface area (TPSA) is 72.2 Å². The van der Waals surface area contributed by atoms with Gasteiger partial charge in [0, 0.05) is 14.6 Å². The number of anilines is 1. The molecule has 0 bridgehead atoms. The average Bonchev–Trinajstić information content (AvgIpc) is 2.12. The zero-order chi connectivity index (χ0) is 12.3. The van der Waals surface area contributed by atoms with Crippen LogP contribution in [0.4, 0.5) is 5.69 Å². The van der Waals surface area contributed by atoms with Gasteiger partial charge in [0.25, 0.3) is 0 Å². The predicted octanol–water partition coefficient (Wildman–Crippen LogP) is 1.71. The molecule has 1 aromatic carbocycles. The maximum absolute atomic E-state index is 11.8. The standard InChI is InChI=1S/C9H8Br2N2O2S/c1-2-3-13-16(14,15)9-7(10)4-6(12)5-8(9)11/h1,4-5,13H,3,12H2. The molecular weight excluding hydrogens is 360 g/mol. The Bertz CT molecular complexity index is 526. The van der Waals surface area contributed by atoms with Crippen LogP contribution in [0.5, 0.6) is 0 Å². The molecule has 7 heteroatoms. The van der Waals surface area contributed by atoms with Gasteiger partial charge in [-0.05, 0) is 44.0 Å². The van der Waals surface area contributed by atoms with Gasteiger partial charge in [0.2, 0.25) is 10.0 Å². The molecule has 0 aliphatic carbocycles. The molecule has 16 heavy (non-hydrogen) atoms. The molecule has 0 aliphatic heterocycles. The van der Waals surface area contributed by atoms with E-state index in [-0.39, 0.29) is 11.4 Å². The molecule has 1 rings (SSSR count). The van der Waals surface area contributed by atoms with Gasteiger partial charge in [-0.3, -0.25) is 0 Å². The van der Waals surface area contributed by atoms with Crippen LogP contribution in [0.25, 0.3) is 0 Å². The van der Waals surface area contributed by atoms with Crippen molar-refractivity contribution in [3.63, 3.8) is 0 Å². The maximum Gasteiger partial charge on any atom is 0.243 e. The largest absolute Gasteiger partial charge is 0.399 e. The van der Waals surface area contributed by atoms with E-state index in [0.717, 1.165) is 0 Å². The van der Waals surface area contributed by atoms with Crippen molar-refractivity contribution in [2.24, 2.45) is 0 Å². The van der Waals surface area contributed by atoms with Crippen LogP contribution in [-0.2, 0) is 10.0 Å². The van der Waals surface area contributed by atoms with Gasteiger partial charge in [0.1, 0.15) is 4.90 Å². The first-order valence-electron chi connectivity index (χ1n) is 4.06. The van der Waals surface area contributed by atoms with Crippen molar-refractivity contribution < 1.29 is 8.42 Å². The lowest BCUT2D eigenvalue weighted by atomic mass is 10.3. The number of halogens is 2. The van der Waals surface area contributed by atoms with Crippen molar-refractivity contribution in [2.45, 2.75) is 4.90 Å². The van der Waals surface area contributed by atoms with Crippen molar-refractivity contribution in [1.29, 1.82) is 0 Å². The van der Waals surface area contributed by atoms with E-state index in [9.17, 15) is 8.42 Å². The Kier molecular flexibility index (Phi) is 4.38. The monoisotopic (exact) mass is 366 g/mol. The highest BCUT2D eigenvalue weighted by atomic mass is 79.9. The predicted molar refractivity (Wildman–Crippen MR) is 70.3 cm³/mol. The number of hydrogen-bond donors (Lipinski definition) is 2. The van der Waals surface area contributed by atoms with Crippen LogP contribution in [-0.4, -0.2) is 15.0 Å². The molecule has 0 saturated heterocycles. The summed E-state index contributed by atoms with van der Waals surface area (Å²) in [5.74, 6) is 2.20. The van der Waals surface area contributed by atoms with Gasteiger partial charge in [-0.2, -0.15) is 4.72 Å². The zero-order valence-electron chi connectivity index (χ0n) is 8.00. The van der Waals surface area contributed by atoms with E-state index in [4.69, 9.17) is 12.2 Å². The fourth-order valence-electron chi connectivity index (χ4n) is 1.05. The molecule has 86 valence electrons. The third kappa shape index (κ3) is 2.98. The summed E-state index contributed by atoms with van der Waals surface area (Å²) in [7, 11) is -3.64. The molecule has 0 spiro atoms. The van der Waals surface area contributed by atoms with Crippen molar-refractivity contribution in [2.75, 3.05) is 12.3 Å². The Morgan fingerprint density at radius 2 is 1.88 bits per heavy atom. The van der Waals surface area contributed by atoms with Crippen LogP contribution in [0.3, 0.4) is 0 Å². The molecule has 0 unspecified atom stereocenters. The number of benzene rings is 1. The van der Waals surface area contributed by atoms with Gasteiger partial charge in [0.05, 0.1) is 6.54 Å². The molecule has 0 amide bonds. The van der Waals surface area contributed by atoms with E-state index < -0.39 is 10.0 Å². The SMILES string of the molecule is C#CCNS(=O)(=O)c1c(Br)cc(N)cc1Br. The highest BCUT2D eigenvalue weighted by molar-refractivity contribution is 9.11. The molecule has 0 atom stereocenters. The van der Waals surface area contributed by atoms with E-state index in [1.54, 1.807) is 0 Å². The third-order valence-electron chi connectivity index (χ3n) is 1.65. The normalized spacial score (nSPS) is 11.1. The van der Waals surface area contributed by atoms with Gasteiger partial charge in [-0.1, -0.05) is 5.92 Å². The summed E-state index contributed by atoms with van der Waals surface area (Å²) in [6.07, 6.45) is 4.99. The minimum Gasteiger partial charge on any atom is -0.399 e. The molecule has 0 aromatic heterocycles. The number of hydrogen-bond acceptors (Lipinski definition) is 3. The Morgan fingerprint density at radius 1 is 1.38 bits per heavy atom. The van der Waals surface area contributed by atoms with Crippen LogP contribution >= 0.6 is 31.9 Å². The summed E-state index contributed by atoms with van der Waals surface area (Å²) in [6.45, 7) is -0.0639. The summed E-state index contributed by atoms with van der Waals surface area (Å²) in [6, 6.07) is 3.02. The number of sulfonamides is 1. The average molecular weight is 368 g/mol. The second-order valence-corrected chi connectivity index (χ2v) is 6.25. The third-order valence-corrected chi connectivity index (χ3v) is 4.93. The molecule has 0 aliphatic rings. The van der Waals surface area contributed by atoms with E-state index in [1.807, 2.05) is 0 Å². The fourth-order valence-corrected chi connectivity index (χ4v) is 4.59. The number of rotatable bonds is 3. The summed E-state index contributed by atoms with van der Waals surface area (Å²) in [5.41, 5.74) is 6.02. The zero-order valence-corrected chi connectivity index (χ0v) is 12.0. The van der Waals surface area contributed by atoms with Crippen LogP contribution in [0.1, 0.15) is 0 Å². The van der Waals surface area contributed by atoms with E-state index in [1.165, 1.54) is 12.1 Å². The van der Waals surface area contributed by atoms with Crippen molar-refractivity contribution in [1.82, 2.24) is 4.72 Å². The smallest absolute Gasteiger partial charge is 0.243 e. The summed E-state index contributed by atoms with van der Waals surface area (Å²) < 4.78 is 26.7. The number of nitrogens with two attached hydrogens (primary N) is 1. The molecular formula is C9H8Br2N2O2S. The number of nitrogen functional groups attached to an aromatic ring is 1. The fraction of sp³-hybridized carbons (Fsp3) is 0.111. The minimum atomic E-state index is -3.64. The second-order valence-electron chi connectivity index (χ2n) is 2.84. The quantitative estimate of drug-likeness (QED) is 0.631. The van der Waals surface area contributed by atoms with Crippen molar-refractivity contribution in [3.05, 3.63) is 21.1 Å². The van der Waals surface area contributed by atoms with Crippen LogP contribution in [0.15, 0.2) is 26.0 Å². The Morgan fingerprint density at radius 3 is 2.31 bits per heavy atom. The molecule has 0 radical (unpaired) electrons. The van der Waals surface area contributed by atoms with E-state index in [0.29, 0.717) is 14.6 Å². The molecule has 3 N–H and O–H groups in total. The lowest BCUT2D eigenvalue weighted by molar-refractivity contribution is 0.585. The van der Waals surface area contributed by atoms with E-state index >= 15 is 0 Å². The molecule has 0 saturated carbocycles.